The lowest BCUT2D eigenvalue weighted by Crippen LogP contribution is -2.38. The van der Waals surface area contributed by atoms with Gasteiger partial charge in [0.25, 0.3) is 0 Å². The van der Waals surface area contributed by atoms with Crippen LogP contribution >= 0.6 is 0 Å². The number of nitrogens with one attached hydrogen (secondary N) is 1. The molecule has 0 amide bonds. The number of nitrogens with zero attached hydrogens (tertiary/aromatic N) is 6. The summed E-state index contributed by atoms with van der Waals surface area (Å²) in [7, 11) is 0. The molecule has 3 rings (SSSR count). The Balaban J connectivity index is 1.66. The second kappa shape index (κ2) is 7.08. The van der Waals surface area contributed by atoms with Crippen molar-refractivity contribution in [3.63, 3.8) is 0 Å². The molecule has 1 unspecified atom stereocenters. The molecule has 1 fully saturated rings. The number of fused-ring (bicyclic) bond motifs is 1. The Morgan fingerprint density at radius 2 is 2.48 bits per heavy atom. The fourth-order valence-electron chi connectivity index (χ4n) is 2.83. The average molecular weight is 314 g/mol. The van der Waals surface area contributed by atoms with Crippen LogP contribution in [0.15, 0.2) is 36.4 Å². The molecule has 0 aliphatic carbocycles. The van der Waals surface area contributed by atoms with Crippen LogP contribution in [-0.4, -0.2) is 51.7 Å². The van der Waals surface area contributed by atoms with E-state index in [2.05, 4.69) is 37.0 Å². The maximum absolute atomic E-state index is 5.83. The van der Waals surface area contributed by atoms with Crippen molar-refractivity contribution in [3.8, 4) is 0 Å². The van der Waals surface area contributed by atoms with Crippen molar-refractivity contribution in [3.05, 3.63) is 31.4 Å². The fourth-order valence-corrected chi connectivity index (χ4v) is 2.83. The molecule has 0 bridgehead atoms. The molecule has 0 aromatic carbocycles. The van der Waals surface area contributed by atoms with Gasteiger partial charge in [-0.2, -0.15) is 0 Å². The van der Waals surface area contributed by atoms with Crippen molar-refractivity contribution in [1.29, 1.82) is 0 Å². The molecule has 1 aliphatic heterocycles. The zero-order chi connectivity index (χ0) is 16.1. The van der Waals surface area contributed by atoms with E-state index < -0.39 is 0 Å². The van der Waals surface area contributed by atoms with Gasteiger partial charge < -0.3 is 16.0 Å². The van der Waals surface area contributed by atoms with Crippen LogP contribution < -0.4 is 16.0 Å². The lowest BCUT2D eigenvalue weighted by Gasteiger charge is -2.32. The minimum atomic E-state index is 0.456. The van der Waals surface area contributed by atoms with E-state index in [4.69, 9.17) is 5.73 Å². The SMILES string of the molecule is C=CCNC(N)=NCC1CCCN(c2nccn3cnnc23)C1. The van der Waals surface area contributed by atoms with Gasteiger partial charge in [-0.1, -0.05) is 6.08 Å². The third-order valence-corrected chi connectivity index (χ3v) is 3.96. The van der Waals surface area contributed by atoms with Crippen LogP contribution in [0, 0.1) is 5.92 Å². The predicted molar refractivity (Wildman–Crippen MR) is 90.4 cm³/mol. The normalized spacial score (nSPS) is 19.0. The van der Waals surface area contributed by atoms with E-state index in [0.717, 1.165) is 37.4 Å². The summed E-state index contributed by atoms with van der Waals surface area (Å²) in [5, 5.41) is 11.1. The van der Waals surface area contributed by atoms with E-state index in [9.17, 15) is 0 Å². The fraction of sp³-hybridized carbons (Fsp3) is 0.467. The van der Waals surface area contributed by atoms with Crippen molar-refractivity contribution in [2.24, 2.45) is 16.6 Å². The quantitative estimate of drug-likeness (QED) is 0.472. The van der Waals surface area contributed by atoms with E-state index in [1.807, 2.05) is 10.6 Å². The maximum Gasteiger partial charge on any atom is 0.203 e. The third kappa shape index (κ3) is 3.58. The van der Waals surface area contributed by atoms with Crippen molar-refractivity contribution >= 4 is 17.4 Å². The van der Waals surface area contributed by atoms with Gasteiger partial charge in [0.1, 0.15) is 6.33 Å². The summed E-state index contributed by atoms with van der Waals surface area (Å²) in [6, 6.07) is 0. The number of aliphatic imine (C=N–C) groups is 1. The predicted octanol–water partition coefficient (Wildman–Crippen LogP) is 0.431. The highest BCUT2D eigenvalue weighted by Crippen LogP contribution is 2.24. The second-order valence-corrected chi connectivity index (χ2v) is 5.66. The van der Waals surface area contributed by atoms with Gasteiger partial charge in [-0.15, -0.1) is 16.8 Å². The monoisotopic (exact) mass is 314 g/mol. The summed E-state index contributed by atoms with van der Waals surface area (Å²) in [4.78, 5) is 11.2. The number of rotatable bonds is 5. The highest BCUT2D eigenvalue weighted by Gasteiger charge is 2.23. The van der Waals surface area contributed by atoms with Crippen LogP contribution in [0.25, 0.3) is 5.65 Å². The van der Waals surface area contributed by atoms with Crippen molar-refractivity contribution in [1.82, 2.24) is 24.9 Å². The molecule has 0 radical (unpaired) electrons. The molecule has 1 saturated heterocycles. The Morgan fingerprint density at radius 1 is 1.57 bits per heavy atom. The van der Waals surface area contributed by atoms with Crippen LogP contribution in [-0.2, 0) is 0 Å². The van der Waals surface area contributed by atoms with Gasteiger partial charge in [0, 0.05) is 38.6 Å². The number of hydrogen-bond donors (Lipinski definition) is 2. The number of guanidine groups is 1. The van der Waals surface area contributed by atoms with Gasteiger partial charge in [-0.25, -0.2) is 4.98 Å². The standard InChI is InChI=1S/C15H22N8/c1-2-5-18-15(16)19-9-12-4-3-7-22(10-12)13-14-21-20-11-23(14)8-6-17-13/h2,6,8,11-12H,1,3-5,7,9-10H2,(H3,16,18,19). The van der Waals surface area contributed by atoms with E-state index in [1.165, 1.54) is 0 Å². The molecule has 8 nitrogen and oxygen atoms in total. The average Bonchev–Trinajstić information content (AvgIpc) is 3.07. The summed E-state index contributed by atoms with van der Waals surface area (Å²) in [5.41, 5.74) is 6.62. The number of anilines is 1. The van der Waals surface area contributed by atoms with E-state index >= 15 is 0 Å². The number of hydrogen-bond acceptors (Lipinski definition) is 5. The summed E-state index contributed by atoms with van der Waals surface area (Å²) in [6.45, 7) is 6.86. The lowest BCUT2D eigenvalue weighted by molar-refractivity contribution is 0.422. The summed E-state index contributed by atoms with van der Waals surface area (Å²) >= 11 is 0. The van der Waals surface area contributed by atoms with Gasteiger partial charge in [-0.3, -0.25) is 9.39 Å². The largest absolute Gasteiger partial charge is 0.370 e. The van der Waals surface area contributed by atoms with Gasteiger partial charge in [0.05, 0.1) is 0 Å². The molecule has 122 valence electrons. The first-order valence-corrected chi connectivity index (χ1v) is 7.82. The zero-order valence-corrected chi connectivity index (χ0v) is 13.1. The van der Waals surface area contributed by atoms with E-state index in [0.29, 0.717) is 25.0 Å². The van der Waals surface area contributed by atoms with Gasteiger partial charge in [0.15, 0.2) is 11.8 Å². The Bertz CT molecular complexity index is 692. The third-order valence-electron chi connectivity index (χ3n) is 3.96. The Labute approximate surface area is 135 Å². The van der Waals surface area contributed by atoms with Crippen LogP contribution in [0.5, 0.6) is 0 Å². The molecule has 0 spiro atoms. The summed E-state index contributed by atoms with van der Waals surface area (Å²) < 4.78 is 1.89. The van der Waals surface area contributed by atoms with E-state index in [-0.39, 0.29) is 0 Å². The number of aromatic nitrogens is 4. The molecule has 23 heavy (non-hydrogen) atoms. The van der Waals surface area contributed by atoms with Crippen molar-refractivity contribution in [2.75, 3.05) is 31.1 Å². The Hall–Kier alpha value is -2.64. The van der Waals surface area contributed by atoms with Crippen LogP contribution in [0.4, 0.5) is 5.82 Å². The maximum atomic E-state index is 5.83. The molecule has 0 saturated carbocycles. The van der Waals surface area contributed by atoms with Crippen LogP contribution in [0.2, 0.25) is 0 Å². The summed E-state index contributed by atoms with van der Waals surface area (Å²) in [5.74, 6) is 1.81. The Kier molecular flexibility index (Phi) is 4.70. The van der Waals surface area contributed by atoms with Gasteiger partial charge >= 0.3 is 0 Å². The number of piperidine rings is 1. The molecular formula is C15H22N8. The minimum absolute atomic E-state index is 0.456. The zero-order valence-electron chi connectivity index (χ0n) is 13.1. The molecule has 8 heteroatoms. The molecule has 3 N–H and O–H groups in total. The highest BCUT2D eigenvalue weighted by molar-refractivity contribution is 5.77. The first-order chi connectivity index (χ1) is 11.3. The van der Waals surface area contributed by atoms with Gasteiger partial charge in [-0.05, 0) is 18.8 Å². The molecule has 3 heterocycles. The first kappa shape index (κ1) is 15.3. The van der Waals surface area contributed by atoms with Gasteiger partial charge in [0.2, 0.25) is 5.65 Å². The van der Waals surface area contributed by atoms with Crippen LogP contribution in [0.3, 0.4) is 0 Å². The smallest absolute Gasteiger partial charge is 0.203 e. The molecule has 1 aliphatic rings. The second-order valence-electron chi connectivity index (χ2n) is 5.66. The van der Waals surface area contributed by atoms with E-state index in [1.54, 1.807) is 18.6 Å². The lowest BCUT2D eigenvalue weighted by atomic mass is 9.98. The minimum Gasteiger partial charge on any atom is -0.370 e. The first-order valence-electron chi connectivity index (χ1n) is 7.82. The topological polar surface area (TPSA) is 96.7 Å². The molecule has 1 atom stereocenters. The molecule has 2 aromatic rings. The highest BCUT2D eigenvalue weighted by atomic mass is 15.3. The molecular weight excluding hydrogens is 292 g/mol. The van der Waals surface area contributed by atoms with Crippen molar-refractivity contribution < 1.29 is 0 Å². The Morgan fingerprint density at radius 3 is 3.35 bits per heavy atom. The molecule has 2 aromatic heterocycles. The van der Waals surface area contributed by atoms with Crippen LogP contribution in [0.1, 0.15) is 12.8 Å². The van der Waals surface area contributed by atoms with Crippen molar-refractivity contribution in [2.45, 2.75) is 12.8 Å². The summed E-state index contributed by atoms with van der Waals surface area (Å²) in [6.07, 6.45) is 9.34. The number of nitrogens with two attached hydrogens (primary N) is 1.